The molecule has 0 bridgehead atoms. The van der Waals surface area contributed by atoms with Crippen molar-refractivity contribution in [3.8, 4) is 0 Å². The summed E-state index contributed by atoms with van der Waals surface area (Å²) >= 11 is 0. The van der Waals surface area contributed by atoms with Gasteiger partial charge in [0.05, 0.1) is 0 Å². The van der Waals surface area contributed by atoms with Gasteiger partial charge in [-0.05, 0) is 42.1 Å². The quantitative estimate of drug-likeness (QED) is 0.694. The Hall–Kier alpha value is -3.02. The lowest BCUT2D eigenvalue weighted by Gasteiger charge is -2.18. The molecule has 6 nitrogen and oxygen atoms in total. The number of urea groups is 1. The van der Waals surface area contributed by atoms with E-state index < -0.39 is 0 Å². The Balaban J connectivity index is 1.35. The Morgan fingerprint density at radius 2 is 2.21 bits per heavy atom. The van der Waals surface area contributed by atoms with Crippen molar-refractivity contribution in [2.75, 3.05) is 23.3 Å². The molecule has 3 N–H and O–H groups in total. The molecule has 122 valence electrons. The number of aromatic nitrogens is 2. The standard InChI is InChI=1S/C18H19N5O/c24-18(21-14-5-4-13-6-9-19-16(13)11-14)22-15-7-10-23(12-15)17-3-1-2-8-20-17/h1-6,8-9,11,15,19H,7,10,12H2,(H2,21,22,24). The molecule has 3 aromatic rings. The summed E-state index contributed by atoms with van der Waals surface area (Å²) < 4.78 is 0. The number of fused-ring (bicyclic) bond motifs is 1. The lowest BCUT2D eigenvalue weighted by molar-refractivity contribution is 0.249. The average molecular weight is 321 g/mol. The maximum Gasteiger partial charge on any atom is 0.319 e. The van der Waals surface area contributed by atoms with Crippen LogP contribution in [0.2, 0.25) is 0 Å². The second kappa shape index (κ2) is 6.23. The molecule has 6 heteroatoms. The number of nitrogens with one attached hydrogen (secondary N) is 3. The van der Waals surface area contributed by atoms with E-state index in [2.05, 4.69) is 25.5 Å². The molecule has 1 aliphatic rings. The molecule has 4 rings (SSSR count). The van der Waals surface area contributed by atoms with Crippen molar-refractivity contribution in [3.63, 3.8) is 0 Å². The summed E-state index contributed by atoms with van der Waals surface area (Å²) in [5, 5.41) is 7.07. The Kier molecular flexibility index (Phi) is 3.78. The van der Waals surface area contributed by atoms with Crippen molar-refractivity contribution in [1.82, 2.24) is 15.3 Å². The van der Waals surface area contributed by atoms with E-state index >= 15 is 0 Å². The molecule has 1 aromatic carbocycles. The van der Waals surface area contributed by atoms with Gasteiger partial charge in [-0.3, -0.25) is 0 Å². The number of benzene rings is 1. The topological polar surface area (TPSA) is 73.1 Å². The zero-order chi connectivity index (χ0) is 16.4. The third-order valence-corrected chi connectivity index (χ3v) is 4.31. The fourth-order valence-corrected chi connectivity index (χ4v) is 3.11. The van der Waals surface area contributed by atoms with Gasteiger partial charge < -0.3 is 20.5 Å². The molecule has 1 atom stereocenters. The van der Waals surface area contributed by atoms with Crippen molar-refractivity contribution >= 4 is 28.4 Å². The molecule has 1 fully saturated rings. The summed E-state index contributed by atoms with van der Waals surface area (Å²) in [6.07, 6.45) is 4.60. The highest BCUT2D eigenvalue weighted by atomic mass is 16.2. The summed E-state index contributed by atoms with van der Waals surface area (Å²) in [4.78, 5) is 21.9. The maximum absolute atomic E-state index is 12.2. The van der Waals surface area contributed by atoms with Crippen molar-refractivity contribution in [2.45, 2.75) is 12.5 Å². The molecular weight excluding hydrogens is 302 g/mol. The Morgan fingerprint density at radius 1 is 1.25 bits per heavy atom. The number of carbonyl (C=O) groups excluding carboxylic acids is 1. The van der Waals surface area contributed by atoms with Gasteiger partial charge in [0.15, 0.2) is 0 Å². The number of nitrogens with zero attached hydrogens (tertiary/aromatic N) is 2. The van der Waals surface area contributed by atoms with Crippen LogP contribution in [-0.2, 0) is 0 Å². The second-order valence-electron chi connectivity index (χ2n) is 6.00. The average Bonchev–Trinajstić information content (AvgIpc) is 3.24. The Labute approximate surface area is 139 Å². The van der Waals surface area contributed by atoms with Crippen LogP contribution in [0.25, 0.3) is 10.9 Å². The number of hydrogen-bond donors (Lipinski definition) is 3. The van der Waals surface area contributed by atoms with E-state index in [9.17, 15) is 4.79 Å². The Bertz CT molecular complexity index is 845. The van der Waals surface area contributed by atoms with E-state index in [0.717, 1.165) is 41.9 Å². The van der Waals surface area contributed by atoms with Gasteiger partial charge in [0.2, 0.25) is 0 Å². The van der Waals surface area contributed by atoms with Gasteiger partial charge in [0.1, 0.15) is 5.82 Å². The van der Waals surface area contributed by atoms with E-state index in [1.54, 1.807) is 6.20 Å². The second-order valence-corrected chi connectivity index (χ2v) is 6.00. The lowest BCUT2D eigenvalue weighted by Crippen LogP contribution is -2.39. The van der Waals surface area contributed by atoms with Crippen LogP contribution in [0.15, 0.2) is 54.9 Å². The molecule has 0 radical (unpaired) electrons. The maximum atomic E-state index is 12.2. The molecule has 24 heavy (non-hydrogen) atoms. The van der Waals surface area contributed by atoms with Gasteiger partial charge in [-0.15, -0.1) is 0 Å². The zero-order valence-electron chi connectivity index (χ0n) is 13.2. The first-order valence-corrected chi connectivity index (χ1v) is 8.08. The minimum Gasteiger partial charge on any atom is -0.361 e. The number of aromatic amines is 1. The first kappa shape index (κ1) is 14.6. The van der Waals surface area contributed by atoms with Gasteiger partial charge in [-0.25, -0.2) is 9.78 Å². The fourth-order valence-electron chi connectivity index (χ4n) is 3.11. The van der Waals surface area contributed by atoms with Gasteiger partial charge in [0, 0.05) is 42.7 Å². The molecule has 3 heterocycles. The number of rotatable bonds is 3. The molecule has 1 unspecified atom stereocenters. The highest BCUT2D eigenvalue weighted by molar-refractivity contribution is 5.92. The van der Waals surface area contributed by atoms with Crippen LogP contribution in [-0.4, -0.2) is 35.1 Å². The van der Waals surface area contributed by atoms with E-state index in [1.165, 1.54) is 0 Å². The minimum absolute atomic E-state index is 0.126. The first-order valence-electron chi connectivity index (χ1n) is 8.08. The molecule has 1 aliphatic heterocycles. The molecule has 2 aromatic heterocycles. The molecule has 2 amide bonds. The van der Waals surface area contributed by atoms with Gasteiger partial charge in [-0.1, -0.05) is 12.1 Å². The molecule has 1 saturated heterocycles. The summed E-state index contributed by atoms with van der Waals surface area (Å²) in [5.74, 6) is 0.958. The van der Waals surface area contributed by atoms with E-state index in [1.807, 2.05) is 48.7 Å². The third kappa shape index (κ3) is 3.03. The zero-order valence-corrected chi connectivity index (χ0v) is 13.2. The van der Waals surface area contributed by atoms with Crippen LogP contribution in [0.3, 0.4) is 0 Å². The van der Waals surface area contributed by atoms with Crippen molar-refractivity contribution < 1.29 is 4.79 Å². The normalized spacial score (nSPS) is 17.2. The summed E-state index contributed by atoms with van der Waals surface area (Å²) in [7, 11) is 0. The van der Waals surface area contributed by atoms with Crippen LogP contribution < -0.4 is 15.5 Å². The smallest absolute Gasteiger partial charge is 0.319 e. The molecule has 0 aliphatic carbocycles. The number of amides is 2. The number of hydrogen-bond acceptors (Lipinski definition) is 3. The number of anilines is 2. The highest BCUT2D eigenvalue weighted by Crippen LogP contribution is 2.19. The predicted molar refractivity (Wildman–Crippen MR) is 95.3 cm³/mol. The molecule has 0 spiro atoms. The van der Waals surface area contributed by atoms with E-state index in [0.29, 0.717) is 0 Å². The third-order valence-electron chi connectivity index (χ3n) is 4.31. The summed E-state index contributed by atoms with van der Waals surface area (Å²) in [6, 6.07) is 13.7. The van der Waals surface area contributed by atoms with Gasteiger partial charge in [-0.2, -0.15) is 0 Å². The number of H-pyrrole nitrogens is 1. The monoisotopic (exact) mass is 321 g/mol. The highest BCUT2D eigenvalue weighted by Gasteiger charge is 2.24. The van der Waals surface area contributed by atoms with Crippen molar-refractivity contribution in [3.05, 3.63) is 54.9 Å². The molecule has 0 saturated carbocycles. The van der Waals surface area contributed by atoms with Crippen LogP contribution in [0.5, 0.6) is 0 Å². The largest absolute Gasteiger partial charge is 0.361 e. The number of carbonyl (C=O) groups is 1. The van der Waals surface area contributed by atoms with Crippen molar-refractivity contribution in [1.29, 1.82) is 0 Å². The Morgan fingerprint density at radius 3 is 3.08 bits per heavy atom. The SMILES string of the molecule is O=C(Nc1ccc2cc[nH]c2c1)NC1CCN(c2ccccn2)C1. The van der Waals surface area contributed by atoms with E-state index in [4.69, 9.17) is 0 Å². The summed E-state index contributed by atoms with van der Waals surface area (Å²) in [6.45, 7) is 1.68. The summed E-state index contributed by atoms with van der Waals surface area (Å²) in [5.41, 5.74) is 1.79. The van der Waals surface area contributed by atoms with Crippen molar-refractivity contribution in [2.24, 2.45) is 0 Å². The van der Waals surface area contributed by atoms with Gasteiger partial charge >= 0.3 is 6.03 Å². The lowest BCUT2D eigenvalue weighted by atomic mass is 10.2. The minimum atomic E-state index is -0.172. The van der Waals surface area contributed by atoms with Crippen LogP contribution in [0.1, 0.15) is 6.42 Å². The van der Waals surface area contributed by atoms with Crippen LogP contribution >= 0.6 is 0 Å². The van der Waals surface area contributed by atoms with Gasteiger partial charge in [0.25, 0.3) is 0 Å². The van der Waals surface area contributed by atoms with Crippen LogP contribution in [0.4, 0.5) is 16.3 Å². The fraction of sp³-hybridized carbons (Fsp3) is 0.222. The first-order chi connectivity index (χ1) is 11.8. The number of pyridine rings is 1. The van der Waals surface area contributed by atoms with E-state index in [-0.39, 0.29) is 12.1 Å². The predicted octanol–water partition coefficient (Wildman–Crippen LogP) is 2.96. The van der Waals surface area contributed by atoms with Crippen LogP contribution in [0, 0.1) is 0 Å². The molecular formula is C18H19N5O.